The van der Waals surface area contributed by atoms with Crippen molar-refractivity contribution in [1.29, 1.82) is 0 Å². The molecule has 0 radical (unpaired) electrons. The van der Waals surface area contributed by atoms with Gasteiger partial charge in [0.2, 0.25) is 0 Å². The van der Waals surface area contributed by atoms with E-state index in [1.165, 1.54) is 7.11 Å². The van der Waals surface area contributed by atoms with Gasteiger partial charge in [0.1, 0.15) is 0 Å². The number of hydrogen-bond donors (Lipinski definition) is 1. The Balaban J connectivity index is 2.20. The maximum absolute atomic E-state index is 12.7. The van der Waals surface area contributed by atoms with Crippen molar-refractivity contribution in [3.63, 3.8) is 0 Å². The summed E-state index contributed by atoms with van der Waals surface area (Å²) in [5.41, 5.74) is 2.65. The molecule has 3 rings (SSSR count). The summed E-state index contributed by atoms with van der Waals surface area (Å²) < 4.78 is 10.1. The molecule has 0 spiro atoms. The Hall–Kier alpha value is -3.08. The molecule has 0 saturated carbocycles. The molecule has 0 aliphatic rings. The second-order valence-electron chi connectivity index (χ2n) is 5.93. The van der Waals surface area contributed by atoms with Crippen LogP contribution in [0, 0.1) is 5.92 Å². The van der Waals surface area contributed by atoms with E-state index in [2.05, 4.69) is 4.98 Å². The number of aromatic nitrogens is 1. The summed E-state index contributed by atoms with van der Waals surface area (Å²) in [6.07, 6.45) is 1.84. The van der Waals surface area contributed by atoms with Crippen LogP contribution in [-0.2, 0) is 19.1 Å². The summed E-state index contributed by atoms with van der Waals surface area (Å²) in [5, 5.41) is 0.958. The van der Waals surface area contributed by atoms with Crippen molar-refractivity contribution in [1.82, 2.24) is 4.98 Å². The van der Waals surface area contributed by atoms with Crippen molar-refractivity contribution in [3.05, 3.63) is 71.9 Å². The fourth-order valence-corrected chi connectivity index (χ4v) is 3.29. The number of para-hydroxylation sites is 1. The lowest BCUT2D eigenvalue weighted by Gasteiger charge is -2.24. The second kappa shape index (κ2) is 7.87. The van der Waals surface area contributed by atoms with Crippen LogP contribution in [0.5, 0.6) is 0 Å². The average molecular weight is 351 g/mol. The van der Waals surface area contributed by atoms with Crippen LogP contribution in [0.3, 0.4) is 0 Å². The maximum Gasteiger partial charge on any atom is 0.321 e. The zero-order chi connectivity index (χ0) is 18.5. The molecule has 2 unspecified atom stereocenters. The van der Waals surface area contributed by atoms with Gasteiger partial charge < -0.3 is 14.5 Å². The highest BCUT2D eigenvalue weighted by Crippen LogP contribution is 2.37. The molecule has 5 nitrogen and oxygen atoms in total. The standard InChI is InChI=1S/C21H21NO4/c1-3-26-21(24)19(20(23)25-2)18(14-9-5-4-6-10-14)16-13-22-17-12-8-7-11-15(16)17/h4-13,18-19,22H,3H2,1-2H3. The number of nitrogens with one attached hydrogen (secondary N) is 1. The minimum absolute atomic E-state index is 0.196. The Bertz CT molecular complexity index is 901. The molecular formula is C21H21NO4. The number of H-pyrrole nitrogens is 1. The number of esters is 2. The number of methoxy groups -OCH3 is 1. The number of ether oxygens (including phenoxy) is 2. The van der Waals surface area contributed by atoms with Crippen molar-refractivity contribution in [3.8, 4) is 0 Å². The predicted molar refractivity (Wildman–Crippen MR) is 98.7 cm³/mol. The predicted octanol–water partition coefficient (Wildman–Crippen LogP) is 3.65. The van der Waals surface area contributed by atoms with Gasteiger partial charge in [-0.15, -0.1) is 0 Å². The van der Waals surface area contributed by atoms with E-state index in [1.54, 1.807) is 6.92 Å². The van der Waals surface area contributed by atoms with Gasteiger partial charge in [-0.05, 0) is 24.1 Å². The first-order valence-corrected chi connectivity index (χ1v) is 8.52. The number of rotatable bonds is 6. The van der Waals surface area contributed by atoms with Crippen LogP contribution in [0.2, 0.25) is 0 Å². The number of carbonyl (C=O) groups excluding carboxylic acids is 2. The molecule has 0 aliphatic carbocycles. The van der Waals surface area contributed by atoms with Crippen LogP contribution >= 0.6 is 0 Å². The first kappa shape index (κ1) is 17.7. The molecule has 0 bridgehead atoms. The van der Waals surface area contributed by atoms with Crippen molar-refractivity contribution >= 4 is 22.8 Å². The minimum atomic E-state index is -1.08. The van der Waals surface area contributed by atoms with Gasteiger partial charge in [0, 0.05) is 23.0 Å². The van der Waals surface area contributed by atoms with Crippen molar-refractivity contribution in [2.24, 2.45) is 5.92 Å². The molecule has 134 valence electrons. The van der Waals surface area contributed by atoms with Gasteiger partial charge in [0.05, 0.1) is 13.7 Å². The van der Waals surface area contributed by atoms with E-state index in [0.29, 0.717) is 0 Å². The van der Waals surface area contributed by atoms with Gasteiger partial charge in [-0.25, -0.2) is 0 Å². The molecule has 3 aromatic rings. The molecule has 5 heteroatoms. The molecule has 0 saturated heterocycles. The Morgan fingerprint density at radius 1 is 1.00 bits per heavy atom. The molecular weight excluding hydrogens is 330 g/mol. The third-order valence-corrected chi connectivity index (χ3v) is 4.44. The highest BCUT2D eigenvalue weighted by atomic mass is 16.5. The van der Waals surface area contributed by atoms with E-state index in [9.17, 15) is 9.59 Å². The number of hydrogen-bond acceptors (Lipinski definition) is 4. The molecule has 0 amide bonds. The number of benzene rings is 2. The van der Waals surface area contributed by atoms with Gasteiger partial charge in [-0.1, -0.05) is 48.5 Å². The number of carbonyl (C=O) groups is 2. The topological polar surface area (TPSA) is 68.4 Å². The number of aromatic amines is 1. The minimum Gasteiger partial charge on any atom is -0.468 e. The summed E-state index contributed by atoms with van der Waals surface area (Å²) >= 11 is 0. The Kier molecular flexibility index (Phi) is 5.37. The quantitative estimate of drug-likeness (QED) is 0.544. The Morgan fingerprint density at radius 2 is 1.69 bits per heavy atom. The first-order chi connectivity index (χ1) is 12.7. The zero-order valence-electron chi connectivity index (χ0n) is 14.8. The Labute approximate surface area is 151 Å². The molecule has 26 heavy (non-hydrogen) atoms. The van der Waals surface area contributed by atoms with Crippen LogP contribution in [-0.4, -0.2) is 30.6 Å². The van der Waals surface area contributed by atoms with E-state index >= 15 is 0 Å². The Morgan fingerprint density at radius 3 is 2.38 bits per heavy atom. The zero-order valence-corrected chi connectivity index (χ0v) is 14.8. The van der Waals surface area contributed by atoms with E-state index in [0.717, 1.165) is 22.0 Å². The number of fused-ring (bicyclic) bond motifs is 1. The van der Waals surface area contributed by atoms with E-state index in [4.69, 9.17) is 9.47 Å². The lowest BCUT2D eigenvalue weighted by atomic mass is 9.80. The fraction of sp³-hybridized carbons (Fsp3) is 0.238. The molecule has 1 heterocycles. The van der Waals surface area contributed by atoms with Crippen molar-refractivity contribution in [2.45, 2.75) is 12.8 Å². The largest absolute Gasteiger partial charge is 0.468 e. The molecule has 0 fully saturated rings. The third-order valence-electron chi connectivity index (χ3n) is 4.44. The average Bonchev–Trinajstić information content (AvgIpc) is 3.10. The van der Waals surface area contributed by atoms with Gasteiger partial charge in [-0.2, -0.15) is 0 Å². The maximum atomic E-state index is 12.7. The normalized spacial score (nSPS) is 13.2. The highest BCUT2D eigenvalue weighted by molar-refractivity contribution is 5.98. The summed E-state index contributed by atoms with van der Waals surface area (Å²) in [7, 11) is 1.28. The smallest absolute Gasteiger partial charge is 0.321 e. The third kappa shape index (κ3) is 3.33. The summed E-state index contributed by atoms with van der Waals surface area (Å²) in [5.74, 6) is -2.79. The summed E-state index contributed by atoms with van der Waals surface area (Å²) in [6, 6.07) is 17.3. The highest BCUT2D eigenvalue weighted by Gasteiger charge is 2.40. The molecule has 1 aromatic heterocycles. The van der Waals surface area contributed by atoms with E-state index < -0.39 is 23.8 Å². The summed E-state index contributed by atoms with van der Waals surface area (Å²) in [6.45, 7) is 1.91. The van der Waals surface area contributed by atoms with Gasteiger partial charge in [0.25, 0.3) is 0 Å². The fourth-order valence-electron chi connectivity index (χ4n) is 3.29. The molecule has 2 atom stereocenters. The van der Waals surface area contributed by atoms with Gasteiger partial charge in [-0.3, -0.25) is 9.59 Å². The van der Waals surface area contributed by atoms with Crippen LogP contribution in [0.25, 0.3) is 10.9 Å². The summed E-state index contributed by atoms with van der Waals surface area (Å²) in [4.78, 5) is 28.4. The van der Waals surface area contributed by atoms with Crippen LogP contribution < -0.4 is 0 Å². The van der Waals surface area contributed by atoms with Crippen molar-refractivity contribution in [2.75, 3.05) is 13.7 Å². The van der Waals surface area contributed by atoms with E-state index in [-0.39, 0.29) is 6.61 Å². The molecule has 0 aliphatic heterocycles. The first-order valence-electron chi connectivity index (χ1n) is 8.52. The van der Waals surface area contributed by atoms with Crippen molar-refractivity contribution < 1.29 is 19.1 Å². The SMILES string of the molecule is CCOC(=O)C(C(=O)OC)C(c1ccccc1)c1c[nH]c2ccccc12. The molecule has 2 aromatic carbocycles. The van der Waals surface area contributed by atoms with Gasteiger partial charge in [0.15, 0.2) is 5.92 Å². The second-order valence-corrected chi connectivity index (χ2v) is 5.93. The van der Waals surface area contributed by atoms with Gasteiger partial charge >= 0.3 is 11.9 Å². The van der Waals surface area contributed by atoms with Crippen LogP contribution in [0.1, 0.15) is 24.0 Å². The van der Waals surface area contributed by atoms with Crippen LogP contribution in [0.4, 0.5) is 0 Å². The lowest BCUT2D eigenvalue weighted by Crippen LogP contribution is -2.33. The molecule has 1 N–H and O–H groups in total. The lowest BCUT2D eigenvalue weighted by molar-refractivity contribution is -0.160. The monoisotopic (exact) mass is 351 g/mol. The van der Waals surface area contributed by atoms with Crippen LogP contribution in [0.15, 0.2) is 60.8 Å². The van der Waals surface area contributed by atoms with E-state index in [1.807, 2.05) is 60.8 Å².